The van der Waals surface area contributed by atoms with Crippen molar-refractivity contribution in [2.75, 3.05) is 0 Å². The van der Waals surface area contributed by atoms with Crippen LogP contribution in [0.4, 0.5) is 0 Å². The summed E-state index contributed by atoms with van der Waals surface area (Å²) in [7, 11) is 0. The third-order valence-corrected chi connectivity index (χ3v) is 2.57. The van der Waals surface area contributed by atoms with Gasteiger partial charge in [0, 0.05) is 5.41 Å². The molecular weight excluding hydrogens is 198 g/mol. The molecule has 0 bridgehead atoms. The van der Waals surface area contributed by atoms with Crippen LogP contribution in [0.1, 0.15) is 44.9 Å². The van der Waals surface area contributed by atoms with Crippen LogP contribution in [0.2, 0.25) is 0 Å². The van der Waals surface area contributed by atoms with Gasteiger partial charge in [-0.15, -0.1) is 0 Å². The molecule has 0 fully saturated rings. The Kier molecular flexibility index (Phi) is 3.74. The van der Waals surface area contributed by atoms with E-state index in [1.807, 2.05) is 39.8 Å². The first-order chi connectivity index (χ1) is 7.30. The molecule has 16 heavy (non-hydrogen) atoms. The van der Waals surface area contributed by atoms with Crippen LogP contribution >= 0.6 is 0 Å². The van der Waals surface area contributed by atoms with E-state index >= 15 is 0 Å². The van der Waals surface area contributed by atoms with E-state index in [-0.39, 0.29) is 17.4 Å². The monoisotopic (exact) mass is 219 g/mol. The molecule has 1 aromatic carbocycles. The minimum atomic E-state index is -0.335. The Labute approximate surface area is 98.1 Å². The molecule has 0 heterocycles. The molecule has 1 N–H and O–H groups in total. The molecule has 0 spiro atoms. The van der Waals surface area contributed by atoms with Gasteiger partial charge in [0.1, 0.15) is 0 Å². The number of rotatable bonds is 2. The second-order valence-electron chi connectivity index (χ2n) is 5.36. The largest absolute Gasteiger partial charge is 0.349 e. The van der Waals surface area contributed by atoms with Crippen molar-refractivity contribution >= 4 is 5.91 Å². The molecule has 0 saturated carbocycles. The second-order valence-corrected chi connectivity index (χ2v) is 5.36. The summed E-state index contributed by atoms with van der Waals surface area (Å²) in [5, 5.41) is 3.02. The summed E-state index contributed by atoms with van der Waals surface area (Å²) in [4.78, 5) is 11.8. The fraction of sp³-hybridized carbons (Fsp3) is 0.500. The van der Waals surface area contributed by atoms with Gasteiger partial charge in [-0.05, 0) is 19.4 Å². The average Bonchev–Trinajstić information content (AvgIpc) is 2.16. The van der Waals surface area contributed by atoms with Gasteiger partial charge in [-0.1, -0.05) is 50.6 Å². The minimum absolute atomic E-state index is 0.0617. The third-order valence-electron chi connectivity index (χ3n) is 2.57. The quantitative estimate of drug-likeness (QED) is 0.813. The number of hydrogen-bond acceptors (Lipinski definition) is 1. The van der Waals surface area contributed by atoms with Crippen molar-refractivity contribution in [1.29, 1.82) is 0 Å². The van der Waals surface area contributed by atoms with E-state index in [9.17, 15) is 4.79 Å². The SMILES string of the molecule is Cc1cccc([C@@H](C)NC(=O)C(C)(C)C)c1. The normalized spacial score (nSPS) is 13.3. The van der Waals surface area contributed by atoms with Gasteiger partial charge in [0.25, 0.3) is 0 Å². The molecule has 0 aliphatic rings. The summed E-state index contributed by atoms with van der Waals surface area (Å²) in [5.74, 6) is 0.0847. The Morgan fingerprint density at radius 1 is 1.31 bits per heavy atom. The van der Waals surface area contributed by atoms with Gasteiger partial charge in [-0.25, -0.2) is 0 Å². The molecule has 0 unspecified atom stereocenters. The fourth-order valence-electron chi connectivity index (χ4n) is 1.44. The lowest BCUT2D eigenvalue weighted by Crippen LogP contribution is -2.36. The lowest BCUT2D eigenvalue weighted by Gasteiger charge is -2.22. The van der Waals surface area contributed by atoms with Crippen molar-refractivity contribution in [3.63, 3.8) is 0 Å². The maximum Gasteiger partial charge on any atom is 0.225 e. The van der Waals surface area contributed by atoms with Crippen LogP contribution in [-0.2, 0) is 4.79 Å². The van der Waals surface area contributed by atoms with Gasteiger partial charge in [-0.2, -0.15) is 0 Å². The summed E-state index contributed by atoms with van der Waals surface area (Å²) in [6, 6.07) is 8.28. The number of carbonyl (C=O) groups is 1. The number of carbonyl (C=O) groups excluding carboxylic acids is 1. The van der Waals surface area contributed by atoms with Gasteiger partial charge in [0.2, 0.25) is 5.91 Å². The second kappa shape index (κ2) is 4.69. The van der Waals surface area contributed by atoms with Crippen molar-refractivity contribution in [2.45, 2.75) is 40.7 Å². The highest BCUT2D eigenvalue weighted by atomic mass is 16.2. The molecule has 1 rings (SSSR count). The maximum absolute atomic E-state index is 11.8. The molecule has 1 aromatic rings. The number of amides is 1. The minimum Gasteiger partial charge on any atom is -0.349 e. The lowest BCUT2D eigenvalue weighted by molar-refractivity contribution is -0.129. The molecule has 88 valence electrons. The molecule has 1 atom stereocenters. The van der Waals surface area contributed by atoms with Crippen molar-refractivity contribution < 1.29 is 4.79 Å². The molecule has 1 amide bonds. The van der Waals surface area contributed by atoms with Crippen molar-refractivity contribution in [3.05, 3.63) is 35.4 Å². The molecule has 0 aromatic heterocycles. The van der Waals surface area contributed by atoms with E-state index in [2.05, 4.69) is 24.4 Å². The highest BCUT2D eigenvalue weighted by Crippen LogP contribution is 2.18. The highest BCUT2D eigenvalue weighted by molar-refractivity contribution is 5.81. The highest BCUT2D eigenvalue weighted by Gasteiger charge is 2.22. The smallest absolute Gasteiger partial charge is 0.225 e. The van der Waals surface area contributed by atoms with Crippen molar-refractivity contribution in [2.24, 2.45) is 5.41 Å². The number of benzene rings is 1. The van der Waals surface area contributed by atoms with E-state index in [0.29, 0.717) is 0 Å². The van der Waals surface area contributed by atoms with Gasteiger partial charge in [0.15, 0.2) is 0 Å². The van der Waals surface area contributed by atoms with Gasteiger partial charge >= 0.3 is 0 Å². The molecule has 2 heteroatoms. The topological polar surface area (TPSA) is 29.1 Å². The van der Waals surface area contributed by atoms with E-state index in [4.69, 9.17) is 0 Å². The first-order valence-electron chi connectivity index (χ1n) is 5.68. The van der Waals surface area contributed by atoms with Crippen LogP contribution in [0.5, 0.6) is 0 Å². The summed E-state index contributed by atoms with van der Waals surface area (Å²) in [5.41, 5.74) is 2.03. The van der Waals surface area contributed by atoms with E-state index < -0.39 is 0 Å². The molecular formula is C14H21NO. The Hall–Kier alpha value is -1.31. The first kappa shape index (κ1) is 12.8. The third kappa shape index (κ3) is 3.37. The Morgan fingerprint density at radius 2 is 1.94 bits per heavy atom. The fourth-order valence-corrected chi connectivity index (χ4v) is 1.44. The van der Waals surface area contributed by atoms with Crippen molar-refractivity contribution in [3.8, 4) is 0 Å². The van der Waals surface area contributed by atoms with Gasteiger partial charge in [0.05, 0.1) is 6.04 Å². The standard InChI is InChI=1S/C14H21NO/c1-10-7-6-8-12(9-10)11(2)15-13(16)14(3,4)5/h6-9,11H,1-5H3,(H,15,16)/t11-/m1/s1. The Morgan fingerprint density at radius 3 is 2.44 bits per heavy atom. The van der Waals surface area contributed by atoms with Gasteiger partial charge in [-0.3, -0.25) is 4.79 Å². The van der Waals surface area contributed by atoms with Crippen LogP contribution in [0.25, 0.3) is 0 Å². The van der Waals surface area contributed by atoms with Crippen LogP contribution in [0, 0.1) is 12.3 Å². The first-order valence-corrected chi connectivity index (χ1v) is 5.68. The van der Waals surface area contributed by atoms with Crippen LogP contribution < -0.4 is 5.32 Å². The number of nitrogens with one attached hydrogen (secondary N) is 1. The van der Waals surface area contributed by atoms with Gasteiger partial charge < -0.3 is 5.32 Å². The average molecular weight is 219 g/mol. The predicted octanol–water partition coefficient (Wildman–Crippen LogP) is 3.22. The predicted molar refractivity (Wildman–Crippen MR) is 67.2 cm³/mol. The number of aryl methyl sites for hydroxylation is 1. The zero-order chi connectivity index (χ0) is 12.3. The Balaban J connectivity index is 2.73. The molecule has 0 radical (unpaired) electrons. The lowest BCUT2D eigenvalue weighted by atomic mass is 9.94. The van der Waals surface area contributed by atoms with Crippen molar-refractivity contribution in [1.82, 2.24) is 5.32 Å². The summed E-state index contributed by atoms with van der Waals surface area (Å²) in [6.45, 7) is 9.84. The molecule has 0 aliphatic heterocycles. The van der Waals surface area contributed by atoms with E-state index in [1.165, 1.54) is 5.56 Å². The number of hydrogen-bond donors (Lipinski definition) is 1. The zero-order valence-corrected chi connectivity index (χ0v) is 10.8. The molecule has 0 aliphatic carbocycles. The molecule has 0 saturated heterocycles. The van der Waals surface area contributed by atoms with Crippen LogP contribution in [-0.4, -0.2) is 5.91 Å². The molecule has 2 nitrogen and oxygen atoms in total. The summed E-state index contributed by atoms with van der Waals surface area (Å²) >= 11 is 0. The van der Waals surface area contributed by atoms with E-state index in [1.54, 1.807) is 0 Å². The summed E-state index contributed by atoms with van der Waals surface area (Å²) < 4.78 is 0. The maximum atomic E-state index is 11.8. The Bertz CT molecular complexity index is 377. The summed E-state index contributed by atoms with van der Waals surface area (Å²) in [6.07, 6.45) is 0. The van der Waals surface area contributed by atoms with Crippen LogP contribution in [0.3, 0.4) is 0 Å². The zero-order valence-electron chi connectivity index (χ0n) is 10.8. The van der Waals surface area contributed by atoms with Crippen LogP contribution in [0.15, 0.2) is 24.3 Å². The van der Waals surface area contributed by atoms with E-state index in [0.717, 1.165) is 5.56 Å².